The maximum absolute atomic E-state index is 13.8. The van der Waals surface area contributed by atoms with E-state index in [2.05, 4.69) is 21.5 Å². The first-order valence-corrected chi connectivity index (χ1v) is 10.4. The molecule has 0 aliphatic heterocycles. The molecule has 2 heterocycles. The van der Waals surface area contributed by atoms with Crippen LogP contribution in [0.15, 0.2) is 24.5 Å². The van der Waals surface area contributed by atoms with E-state index in [1.54, 1.807) is 0 Å². The van der Waals surface area contributed by atoms with Crippen LogP contribution >= 0.6 is 0 Å². The van der Waals surface area contributed by atoms with Crippen LogP contribution in [0.4, 0.5) is 13.2 Å². The number of rotatable bonds is 7. The van der Waals surface area contributed by atoms with Crippen molar-refractivity contribution in [2.24, 2.45) is 5.92 Å². The Kier molecular flexibility index (Phi) is 5.42. The van der Waals surface area contributed by atoms with Crippen molar-refractivity contribution in [2.45, 2.75) is 58.2 Å². The Morgan fingerprint density at radius 3 is 2.57 bits per heavy atom. The Bertz CT molecular complexity index is 1060. The summed E-state index contributed by atoms with van der Waals surface area (Å²) in [5.41, 5.74) is 0.440. The number of benzene rings is 1. The molecule has 1 unspecified atom stereocenters. The number of alkyl halides is 3. The van der Waals surface area contributed by atoms with Gasteiger partial charge in [0.05, 0.1) is 12.7 Å². The van der Waals surface area contributed by atoms with E-state index >= 15 is 0 Å². The molecule has 1 aromatic carbocycles. The van der Waals surface area contributed by atoms with Gasteiger partial charge in [0, 0.05) is 18.0 Å². The number of nitrogens with zero attached hydrogens (tertiary/aromatic N) is 4. The number of fused-ring (bicyclic) bond motifs is 1. The van der Waals surface area contributed by atoms with Gasteiger partial charge < -0.3 is 9.30 Å². The van der Waals surface area contributed by atoms with Crippen LogP contribution in [0, 0.1) is 5.92 Å². The van der Waals surface area contributed by atoms with Gasteiger partial charge in [0.25, 0.3) is 0 Å². The summed E-state index contributed by atoms with van der Waals surface area (Å²) in [7, 11) is 1.35. The lowest BCUT2D eigenvalue weighted by Gasteiger charge is -2.20. The molecule has 1 atom stereocenters. The van der Waals surface area contributed by atoms with Crippen molar-refractivity contribution in [3.63, 3.8) is 0 Å². The first-order valence-electron chi connectivity index (χ1n) is 10.4. The highest BCUT2D eigenvalue weighted by Gasteiger charge is 2.37. The lowest BCUT2D eigenvalue weighted by atomic mass is 10.0. The van der Waals surface area contributed by atoms with E-state index in [-0.39, 0.29) is 23.0 Å². The Hall–Kier alpha value is -2.64. The summed E-state index contributed by atoms with van der Waals surface area (Å²) >= 11 is 0. The predicted molar refractivity (Wildman–Crippen MR) is 108 cm³/mol. The third-order valence-electron chi connectivity index (χ3n) is 5.74. The van der Waals surface area contributed by atoms with Crippen molar-refractivity contribution >= 4 is 11.2 Å². The van der Waals surface area contributed by atoms with E-state index in [0.717, 1.165) is 24.7 Å². The van der Waals surface area contributed by atoms with Gasteiger partial charge in [-0.25, -0.2) is 15.0 Å². The smallest absolute Gasteiger partial charge is 0.417 e. The molecule has 0 spiro atoms. The first-order chi connectivity index (χ1) is 14.4. The zero-order chi connectivity index (χ0) is 21.5. The van der Waals surface area contributed by atoms with Gasteiger partial charge in [0.1, 0.15) is 29.1 Å². The summed E-state index contributed by atoms with van der Waals surface area (Å²) in [5, 5.41) is 0. The van der Waals surface area contributed by atoms with Crippen molar-refractivity contribution < 1.29 is 17.9 Å². The summed E-state index contributed by atoms with van der Waals surface area (Å²) in [6.07, 6.45) is 1.84. The summed E-state index contributed by atoms with van der Waals surface area (Å²) in [6, 6.07) is 4.19. The third kappa shape index (κ3) is 3.63. The Morgan fingerprint density at radius 2 is 1.97 bits per heavy atom. The zero-order valence-electron chi connectivity index (χ0n) is 17.3. The van der Waals surface area contributed by atoms with Crippen LogP contribution in [0.25, 0.3) is 22.4 Å². The van der Waals surface area contributed by atoms with Crippen LogP contribution in [0.2, 0.25) is 0 Å². The molecule has 1 saturated carbocycles. The van der Waals surface area contributed by atoms with Gasteiger partial charge in [-0.1, -0.05) is 20.3 Å². The standard InChI is InChI=1S/C22H25F3N4O/c1-4-6-17(13-7-8-13)29-18(5-2)28-20-19(26-12-27-21(20)29)15-10-9-14(30-3)11-16(15)22(23,24)25/h9-13,17H,4-8H2,1-3H3. The maximum Gasteiger partial charge on any atom is 0.417 e. The van der Waals surface area contributed by atoms with E-state index in [9.17, 15) is 13.2 Å². The highest BCUT2D eigenvalue weighted by atomic mass is 19.4. The summed E-state index contributed by atoms with van der Waals surface area (Å²) in [6.45, 7) is 4.16. The molecule has 160 valence electrons. The number of halogens is 3. The molecule has 0 N–H and O–H groups in total. The molecule has 0 amide bonds. The highest BCUT2D eigenvalue weighted by molar-refractivity contribution is 5.89. The van der Waals surface area contributed by atoms with E-state index in [1.807, 2.05) is 6.92 Å². The second-order valence-corrected chi connectivity index (χ2v) is 7.75. The van der Waals surface area contributed by atoms with Crippen LogP contribution in [0.1, 0.15) is 57.0 Å². The van der Waals surface area contributed by atoms with Crippen LogP contribution in [-0.4, -0.2) is 26.6 Å². The van der Waals surface area contributed by atoms with Gasteiger partial charge in [0.15, 0.2) is 5.65 Å². The van der Waals surface area contributed by atoms with Gasteiger partial charge >= 0.3 is 6.18 Å². The molecule has 1 aliphatic carbocycles. The molecule has 0 radical (unpaired) electrons. The quantitative estimate of drug-likeness (QED) is 0.484. The van der Waals surface area contributed by atoms with Crippen molar-refractivity contribution in [2.75, 3.05) is 7.11 Å². The van der Waals surface area contributed by atoms with Crippen LogP contribution in [-0.2, 0) is 12.6 Å². The molecule has 30 heavy (non-hydrogen) atoms. The Balaban J connectivity index is 1.94. The largest absolute Gasteiger partial charge is 0.497 e. The summed E-state index contributed by atoms with van der Waals surface area (Å²) in [5.74, 6) is 1.57. The van der Waals surface area contributed by atoms with Crippen LogP contribution in [0.3, 0.4) is 0 Å². The molecule has 5 nitrogen and oxygen atoms in total. The lowest BCUT2D eigenvalue weighted by molar-refractivity contribution is -0.137. The molecule has 2 aromatic heterocycles. The second kappa shape index (κ2) is 7.89. The Labute approximate surface area is 173 Å². The molecule has 1 fully saturated rings. The molecule has 4 rings (SSSR count). The minimum Gasteiger partial charge on any atom is -0.497 e. The fourth-order valence-corrected chi connectivity index (χ4v) is 4.19. The summed E-state index contributed by atoms with van der Waals surface area (Å²) in [4.78, 5) is 13.4. The molecule has 8 heteroatoms. The normalized spacial score (nSPS) is 15.5. The number of aromatic nitrogens is 4. The average Bonchev–Trinajstić information content (AvgIpc) is 3.50. The predicted octanol–water partition coefficient (Wildman–Crippen LogP) is 5.83. The third-order valence-corrected chi connectivity index (χ3v) is 5.74. The van der Waals surface area contributed by atoms with Crippen molar-refractivity contribution in [3.8, 4) is 17.0 Å². The molecule has 1 aliphatic rings. The number of imidazole rings is 1. The highest BCUT2D eigenvalue weighted by Crippen LogP contribution is 2.45. The van der Waals surface area contributed by atoms with Crippen molar-refractivity contribution in [3.05, 3.63) is 35.9 Å². The molecular formula is C22H25F3N4O. The van der Waals surface area contributed by atoms with Gasteiger partial charge in [-0.05, 0) is 43.4 Å². The van der Waals surface area contributed by atoms with Gasteiger partial charge in [0.2, 0.25) is 0 Å². The van der Waals surface area contributed by atoms with E-state index in [1.165, 1.54) is 38.4 Å². The van der Waals surface area contributed by atoms with E-state index in [0.29, 0.717) is 23.5 Å². The number of hydrogen-bond donors (Lipinski definition) is 0. The molecule has 3 aromatic rings. The number of hydrogen-bond acceptors (Lipinski definition) is 4. The minimum absolute atomic E-state index is 0.0125. The Morgan fingerprint density at radius 1 is 1.20 bits per heavy atom. The summed E-state index contributed by atoms with van der Waals surface area (Å²) < 4.78 is 48.6. The van der Waals surface area contributed by atoms with Crippen LogP contribution < -0.4 is 4.74 Å². The van der Waals surface area contributed by atoms with Crippen LogP contribution in [0.5, 0.6) is 5.75 Å². The average molecular weight is 418 g/mol. The van der Waals surface area contributed by atoms with Crippen molar-refractivity contribution in [1.29, 1.82) is 0 Å². The molecular weight excluding hydrogens is 393 g/mol. The molecule has 0 saturated heterocycles. The fourth-order valence-electron chi connectivity index (χ4n) is 4.19. The van der Waals surface area contributed by atoms with E-state index in [4.69, 9.17) is 9.72 Å². The lowest BCUT2D eigenvalue weighted by Crippen LogP contribution is -2.14. The SMILES string of the molecule is CCCC(C1CC1)n1c(CC)nc2c(-c3ccc(OC)cc3C(F)(F)F)ncnc21. The first kappa shape index (κ1) is 20.6. The maximum atomic E-state index is 13.8. The number of ether oxygens (including phenoxy) is 1. The topological polar surface area (TPSA) is 52.8 Å². The zero-order valence-corrected chi connectivity index (χ0v) is 17.3. The number of methoxy groups -OCH3 is 1. The van der Waals surface area contributed by atoms with Crippen molar-refractivity contribution in [1.82, 2.24) is 19.5 Å². The van der Waals surface area contributed by atoms with Gasteiger partial charge in [-0.3, -0.25) is 0 Å². The van der Waals surface area contributed by atoms with Gasteiger partial charge in [-0.15, -0.1) is 0 Å². The van der Waals surface area contributed by atoms with E-state index < -0.39 is 11.7 Å². The fraction of sp³-hybridized carbons (Fsp3) is 0.500. The molecule has 0 bridgehead atoms. The second-order valence-electron chi connectivity index (χ2n) is 7.75. The minimum atomic E-state index is -4.55. The number of aryl methyl sites for hydroxylation is 1. The monoisotopic (exact) mass is 418 g/mol. The van der Waals surface area contributed by atoms with Gasteiger partial charge in [-0.2, -0.15) is 13.2 Å².